The van der Waals surface area contributed by atoms with E-state index < -0.39 is 5.97 Å². The Balaban J connectivity index is 1.98. The molecule has 2 aromatic rings. The van der Waals surface area contributed by atoms with Crippen LogP contribution in [0.15, 0.2) is 36.5 Å². The molecule has 0 fully saturated rings. The Hall–Kier alpha value is -2.89. The van der Waals surface area contributed by atoms with Gasteiger partial charge in [0.15, 0.2) is 0 Å². The molecule has 6 heteroatoms. The maximum atomic E-state index is 11.5. The normalized spacial score (nSPS) is 10.2. The lowest BCUT2D eigenvalue weighted by molar-refractivity contribution is -0.138. The average molecular weight is 314 g/mol. The standard InChI is InChI=1S/C17H18N2O4/c1-11-4-3-5-14(12(11)2)23-13-6-7-15(18-10-13)19-16(20)8-9-17(21)22/h3-7,10H,8-9H2,1-2H3,(H,21,22)(H,18,19,20). The number of carbonyl (C=O) groups excluding carboxylic acids is 1. The lowest BCUT2D eigenvalue weighted by atomic mass is 10.1. The number of hydrogen-bond donors (Lipinski definition) is 2. The molecule has 1 aromatic carbocycles. The summed E-state index contributed by atoms with van der Waals surface area (Å²) in [5, 5.41) is 11.1. The van der Waals surface area contributed by atoms with Crippen molar-refractivity contribution < 1.29 is 19.4 Å². The summed E-state index contributed by atoms with van der Waals surface area (Å²) in [4.78, 5) is 26.0. The second-order valence-electron chi connectivity index (χ2n) is 5.12. The summed E-state index contributed by atoms with van der Waals surface area (Å²) in [7, 11) is 0. The van der Waals surface area contributed by atoms with Crippen LogP contribution in [-0.2, 0) is 9.59 Å². The molecule has 120 valence electrons. The minimum absolute atomic E-state index is 0.0856. The van der Waals surface area contributed by atoms with Crippen molar-refractivity contribution in [2.75, 3.05) is 5.32 Å². The van der Waals surface area contributed by atoms with Crippen LogP contribution in [0.25, 0.3) is 0 Å². The summed E-state index contributed by atoms with van der Waals surface area (Å²) in [6.07, 6.45) is 1.21. The van der Waals surface area contributed by atoms with Gasteiger partial charge in [-0.1, -0.05) is 12.1 Å². The number of carboxylic acids is 1. The number of amides is 1. The topological polar surface area (TPSA) is 88.5 Å². The molecule has 0 aliphatic rings. The largest absolute Gasteiger partial charge is 0.481 e. The van der Waals surface area contributed by atoms with E-state index in [2.05, 4.69) is 10.3 Å². The summed E-state index contributed by atoms with van der Waals surface area (Å²) in [6, 6.07) is 9.11. The Kier molecular flexibility index (Phi) is 5.30. The fourth-order valence-electron chi connectivity index (χ4n) is 1.90. The van der Waals surface area contributed by atoms with Crippen LogP contribution in [-0.4, -0.2) is 22.0 Å². The van der Waals surface area contributed by atoms with Crippen LogP contribution in [0.5, 0.6) is 11.5 Å². The molecule has 0 saturated heterocycles. The van der Waals surface area contributed by atoms with Crippen molar-refractivity contribution in [3.8, 4) is 11.5 Å². The van der Waals surface area contributed by atoms with Crippen LogP contribution >= 0.6 is 0 Å². The number of pyridine rings is 1. The summed E-state index contributed by atoms with van der Waals surface area (Å²) < 4.78 is 5.78. The van der Waals surface area contributed by atoms with Crippen molar-refractivity contribution in [3.05, 3.63) is 47.7 Å². The number of rotatable bonds is 6. The number of hydrogen-bond acceptors (Lipinski definition) is 4. The molecular weight excluding hydrogens is 296 g/mol. The zero-order valence-corrected chi connectivity index (χ0v) is 13.0. The summed E-state index contributed by atoms with van der Waals surface area (Å²) in [5.41, 5.74) is 2.19. The van der Waals surface area contributed by atoms with Gasteiger partial charge in [0.1, 0.15) is 17.3 Å². The molecule has 0 saturated carbocycles. The Bertz CT molecular complexity index is 711. The Morgan fingerprint density at radius 1 is 1.17 bits per heavy atom. The molecule has 6 nitrogen and oxygen atoms in total. The number of aromatic nitrogens is 1. The van der Waals surface area contributed by atoms with Gasteiger partial charge in [-0.2, -0.15) is 0 Å². The number of aryl methyl sites for hydroxylation is 1. The van der Waals surface area contributed by atoms with Crippen LogP contribution in [0.2, 0.25) is 0 Å². The molecule has 0 radical (unpaired) electrons. The third-order valence-electron chi connectivity index (χ3n) is 3.35. The van der Waals surface area contributed by atoms with Crippen LogP contribution in [0.4, 0.5) is 5.82 Å². The first-order chi connectivity index (χ1) is 11.0. The van der Waals surface area contributed by atoms with E-state index in [9.17, 15) is 9.59 Å². The lowest BCUT2D eigenvalue weighted by Crippen LogP contribution is -2.13. The second kappa shape index (κ2) is 7.40. The summed E-state index contributed by atoms with van der Waals surface area (Å²) in [5.74, 6) is 0.273. The monoisotopic (exact) mass is 314 g/mol. The third kappa shape index (κ3) is 4.81. The van der Waals surface area contributed by atoms with Crippen LogP contribution in [0.3, 0.4) is 0 Å². The second-order valence-corrected chi connectivity index (χ2v) is 5.12. The molecule has 0 atom stereocenters. The molecule has 0 spiro atoms. The zero-order valence-electron chi connectivity index (χ0n) is 13.0. The van der Waals surface area contributed by atoms with Crippen molar-refractivity contribution in [1.29, 1.82) is 0 Å². The highest BCUT2D eigenvalue weighted by molar-refractivity contribution is 5.91. The summed E-state index contributed by atoms with van der Waals surface area (Å²) >= 11 is 0. The molecule has 0 aliphatic heterocycles. The number of aliphatic carboxylic acids is 1. The highest BCUT2D eigenvalue weighted by atomic mass is 16.5. The number of benzene rings is 1. The van der Waals surface area contributed by atoms with Crippen molar-refractivity contribution in [1.82, 2.24) is 4.98 Å². The van der Waals surface area contributed by atoms with E-state index in [1.807, 2.05) is 32.0 Å². The van der Waals surface area contributed by atoms with E-state index in [0.29, 0.717) is 11.6 Å². The average Bonchev–Trinajstić information content (AvgIpc) is 2.52. The van der Waals surface area contributed by atoms with Gasteiger partial charge >= 0.3 is 5.97 Å². The minimum atomic E-state index is -1.01. The third-order valence-corrected chi connectivity index (χ3v) is 3.35. The number of anilines is 1. The van der Waals surface area contributed by atoms with Crippen molar-refractivity contribution in [3.63, 3.8) is 0 Å². The predicted octanol–water partition coefficient (Wildman–Crippen LogP) is 3.29. The first-order valence-corrected chi connectivity index (χ1v) is 7.17. The van der Waals surface area contributed by atoms with Gasteiger partial charge < -0.3 is 15.2 Å². The van der Waals surface area contributed by atoms with Crippen molar-refractivity contribution in [2.45, 2.75) is 26.7 Å². The molecule has 1 heterocycles. The first kappa shape index (κ1) is 16.5. The van der Waals surface area contributed by atoms with Gasteiger partial charge in [0.2, 0.25) is 5.91 Å². The highest BCUT2D eigenvalue weighted by Gasteiger charge is 2.07. The number of nitrogens with one attached hydrogen (secondary N) is 1. The van der Waals surface area contributed by atoms with Gasteiger partial charge in [0, 0.05) is 6.42 Å². The van der Waals surface area contributed by atoms with Gasteiger partial charge in [0.05, 0.1) is 12.6 Å². The van der Waals surface area contributed by atoms with Crippen molar-refractivity contribution >= 4 is 17.7 Å². The minimum Gasteiger partial charge on any atom is -0.481 e. The van der Waals surface area contributed by atoms with Crippen LogP contribution in [0, 0.1) is 13.8 Å². The van der Waals surface area contributed by atoms with Gasteiger partial charge in [-0.15, -0.1) is 0 Å². The fourth-order valence-corrected chi connectivity index (χ4v) is 1.90. The quantitative estimate of drug-likeness (QED) is 0.854. The molecule has 2 N–H and O–H groups in total. The van der Waals surface area contributed by atoms with E-state index in [-0.39, 0.29) is 18.7 Å². The Morgan fingerprint density at radius 2 is 1.96 bits per heavy atom. The molecule has 0 aliphatic carbocycles. The van der Waals surface area contributed by atoms with E-state index in [4.69, 9.17) is 9.84 Å². The molecule has 0 bridgehead atoms. The van der Waals surface area contributed by atoms with Gasteiger partial charge in [-0.05, 0) is 43.2 Å². The highest BCUT2D eigenvalue weighted by Crippen LogP contribution is 2.26. The SMILES string of the molecule is Cc1cccc(Oc2ccc(NC(=O)CCC(=O)O)nc2)c1C. The molecule has 1 amide bonds. The predicted molar refractivity (Wildman–Crippen MR) is 85.7 cm³/mol. The van der Waals surface area contributed by atoms with Gasteiger partial charge in [-0.25, -0.2) is 4.98 Å². The summed E-state index contributed by atoms with van der Waals surface area (Å²) in [6.45, 7) is 3.99. The molecule has 0 unspecified atom stereocenters. The fraction of sp³-hybridized carbons (Fsp3) is 0.235. The Labute approximate surface area is 134 Å². The van der Waals surface area contributed by atoms with Crippen LogP contribution < -0.4 is 10.1 Å². The molecule has 23 heavy (non-hydrogen) atoms. The van der Waals surface area contributed by atoms with E-state index in [1.54, 1.807) is 12.1 Å². The molecule has 1 aromatic heterocycles. The maximum absolute atomic E-state index is 11.5. The lowest BCUT2D eigenvalue weighted by Gasteiger charge is -2.10. The Morgan fingerprint density at radius 3 is 2.61 bits per heavy atom. The number of carbonyl (C=O) groups is 2. The van der Waals surface area contributed by atoms with Gasteiger partial charge in [-0.3, -0.25) is 9.59 Å². The molecular formula is C17H18N2O4. The van der Waals surface area contributed by atoms with E-state index in [1.165, 1.54) is 6.20 Å². The van der Waals surface area contributed by atoms with E-state index >= 15 is 0 Å². The maximum Gasteiger partial charge on any atom is 0.303 e. The van der Waals surface area contributed by atoms with Crippen molar-refractivity contribution in [2.24, 2.45) is 0 Å². The van der Waals surface area contributed by atoms with E-state index in [0.717, 1.165) is 16.9 Å². The number of nitrogens with zero attached hydrogens (tertiary/aromatic N) is 1. The number of ether oxygens (including phenoxy) is 1. The van der Waals surface area contributed by atoms with Crippen LogP contribution in [0.1, 0.15) is 24.0 Å². The molecule has 2 rings (SSSR count). The first-order valence-electron chi connectivity index (χ1n) is 7.17. The number of carboxylic acid groups (broad SMARTS) is 1. The smallest absolute Gasteiger partial charge is 0.303 e. The van der Waals surface area contributed by atoms with Gasteiger partial charge in [0.25, 0.3) is 0 Å². The zero-order chi connectivity index (χ0) is 16.8.